The number of aliphatic hydroxyl groups is 1. The lowest BCUT2D eigenvalue weighted by atomic mass is 9.77. The zero-order valence-electron chi connectivity index (χ0n) is 15.4. The van der Waals surface area contributed by atoms with E-state index in [1.807, 2.05) is 44.2 Å². The fourth-order valence-electron chi connectivity index (χ4n) is 3.04. The minimum Gasteiger partial charge on any atom is -0.511 e. The lowest BCUT2D eigenvalue weighted by molar-refractivity contribution is -0.117. The first kappa shape index (κ1) is 18.6. The second-order valence-corrected chi connectivity index (χ2v) is 7.43. The Hall–Kier alpha value is -3.21. The summed E-state index contributed by atoms with van der Waals surface area (Å²) in [6.45, 7) is 3.90. The molecular weight excluding hydrogens is 340 g/mol. The van der Waals surface area contributed by atoms with Crippen molar-refractivity contribution in [1.82, 2.24) is 0 Å². The van der Waals surface area contributed by atoms with Gasteiger partial charge in [-0.1, -0.05) is 38.1 Å². The number of amides is 1. The summed E-state index contributed by atoms with van der Waals surface area (Å²) in [7, 11) is 0. The van der Waals surface area contributed by atoms with E-state index < -0.39 is 0 Å². The van der Waals surface area contributed by atoms with Gasteiger partial charge >= 0.3 is 0 Å². The van der Waals surface area contributed by atoms with Crippen LogP contribution in [-0.4, -0.2) is 23.0 Å². The third-order valence-corrected chi connectivity index (χ3v) is 4.38. The van der Waals surface area contributed by atoms with E-state index >= 15 is 0 Å². The zero-order chi connectivity index (χ0) is 19.4. The van der Waals surface area contributed by atoms with Crippen molar-refractivity contribution in [3.05, 3.63) is 71.5 Å². The fraction of sp³-hybridized carbons (Fsp3) is 0.227. The molecule has 0 aromatic heterocycles. The Kier molecular flexibility index (Phi) is 5.21. The molecule has 0 bridgehead atoms. The van der Waals surface area contributed by atoms with E-state index in [4.69, 9.17) is 0 Å². The number of hydrogen-bond acceptors (Lipinski definition) is 4. The van der Waals surface area contributed by atoms with E-state index in [2.05, 4.69) is 10.3 Å². The Labute approximate surface area is 158 Å². The first-order valence-electron chi connectivity index (χ1n) is 8.80. The molecule has 1 aliphatic carbocycles. The van der Waals surface area contributed by atoms with Gasteiger partial charge in [0.1, 0.15) is 5.76 Å². The molecule has 1 amide bonds. The van der Waals surface area contributed by atoms with Crippen LogP contribution in [0.1, 0.15) is 37.0 Å². The number of benzene rings is 2. The van der Waals surface area contributed by atoms with Crippen molar-refractivity contribution >= 4 is 29.3 Å². The number of aliphatic imine (C=N–C) groups is 1. The smallest absolute Gasteiger partial charge is 0.255 e. The summed E-state index contributed by atoms with van der Waals surface area (Å²) in [5.74, 6) is -0.292. The number of ketones is 1. The number of nitrogens with zero attached hydrogens (tertiary/aromatic N) is 1. The van der Waals surface area contributed by atoms with Crippen LogP contribution in [0.4, 0.5) is 11.4 Å². The Morgan fingerprint density at radius 3 is 2.56 bits per heavy atom. The largest absolute Gasteiger partial charge is 0.511 e. The number of nitrogens with one attached hydrogen (secondary N) is 1. The van der Waals surface area contributed by atoms with Crippen LogP contribution in [0.15, 0.2) is 70.9 Å². The first-order chi connectivity index (χ1) is 12.8. The summed E-state index contributed by atoms with van der Waals surface area (Å²) in [4.78, 5) is 28.9. The highest BCUT2D eigenvalue weighted by Gasteiger charge is 2.32. The lowest BCUT2D eigenvalue weighted by Gasteiger charge is -2.28. The minimum absolute atomic E-state index is 0.0676. The summed E-state index contributed by atoms with van der Waals surface area (Å²) in [6.07, 6.45) is 2.21. The molecule has 27 heavy (non-hydrogen) atoms. The molecule has 5 heteroatoms. The number of hydrogen-bond donors (Lipinski definition) is 2. The van der Waals surface area contributed by atoms with E-state index in [1.54, 1.807) is 24.3 Å². The van der Waals surface area contributed by atoms with Crippen molar-refractivity contribution < 1.29 is 14.7 Å². The maximum absolute atomic E-state index is 12.4. The highest BCUT2D eigenvalue weighted by Crippen LogP contribution is 2.35. The van der Waals surface area contributed by atoms with Crippen molar-refractivity contribution in [2.45, 2.75) is 26.7 Å². The number of Topliss-reactive ketones (excluding diaryl/α,β-unsaturated/α-hetero) is 1. The second kappa shape index (κ2) is 7.58. The van der Waals surface area contributed by atoms with Crippen LogP contribution in [0.3, 0.4) is 0 Å². The molecular formula is C22H22N2O3. The highest BCUT2D eigenvalue weighted by molar-refractivity contribution is 6.15. The number of carbonyl (C=O) groups is 2. The SMILES string of the molecule is CC1(C)CC(=O)C(C=Nc2cccc(C(=O)Nc3ccccc3)c2)=C(O)C1. The number of carbonyl (C=O) groups excluding carboxylic acids is 2. The van der Waals surface area contributed by atoms with Gasteiger partial charge in [-0.3, -0.25) is 14.6 Å². The van der Waals surface area contributed by atoms with E-state index in [1.165, 1.54) is 6.21 Å². The Morgan fingerprint density at radius 1 is 1.11 bits per heavy atom. The summed E-state index contributed by atoms with van der Waals surface area (Å²) in [5.41, 5.74) is 1.71. The molecule has 2 aromatic rings. The molecule has 0 atom stereocenters. The molecule has 0 saturated heterocycles. The number of aliphatic hydroxyl groups excluding tert-OH is 1. The van der Waals surface area contributed by atoms with Crippen LogP contribution < -0.4 is 5.32 Å². The predicted molar refractivity (Wildman–Crippen MR) is 107 cm³/mol. The van der Waals surface area contributed by atoms with Gasteiger partial charge in [0.2, 0.25) is 0 Å². The van der Waals surface area contributed by atoms with E-state index in [0.717, 1.165) is 0 Å². The van der Waals surface area contributed by atoms with Crippen molar-refractivity contribution in [2.24, 2.45) is 10.4 Å². The molecule has 2 aromatic carbocycles. The number of allylic oxidation sites excluding steroid dienone is 2. The van der Waals surface area contributed by atoms with Crippen molar-refractivity contribution in [1.29, 1.82) is 0 Å². The van der Waals surface area contributed by atoms with Crippen LogP contribution in [-0.2, 0) is 4.79 Å². The van der Waals surface area contributed by atoms with Crippen molar-refractivity contribution in [3.63, 3.8) is 0 Å². The third-order valence-electron chi connectivity index (χ3n) is 4.38. The van der Waals surface area contributed by atoms with Gasteiger partial charge in [-0.2, -0.15) is 0 Å². The fourth-order valence-corrected chi connectivity index (χ4v) is 3.04. The summed E-state index contributed by atoms with van der Waals surface area (Å²) in [6, 6.07) is 16.0. The monoisotopic (exact) mass is 362 g/mol. The van der Waals surface area contributed by atoms with E-state index in [-0.39, 0.29) is 28.4 Å². The standard InChI is InChI=1S/C22H22N2O3/c1-22(2)12-19(25)18(20(26)13-22)14-23-17-10-6-7-15(11-17)21(27)24-16-8-4-3-5-9-16/h3-11,14,25H,12-13H2,1-2H3,(H,24,27). The number of para-hydroxylation sites is 1. The summed E-state index contributed by atoms with van der Waals surface area (Å²) >= 11 is 0. The molecule has 0 heterocycles. The van der Waals surface area contributed by atoms with Gasteiger partial charge in [0, 0.05) is 30.3 Å². The van der Waals surface area contributed by atoms with Gasteiger partial charge in [0.05, 0.1) is 11.3 Å². The second-order valence-electron chi connectivity index (χ2n) is 7.43. The molecule has 5 nitrogen and oxygen atoms in total. The Balaban J connectivity index is 1.77. The quantitative estimate of drug-likeness (QED) is 0.764. The summed E-state index contributed by atoms with van der Waals surface area (Å²) < 4.78 is 0. The van der Waals surface area contributed by atoms with E-state index in [9.17, 15) is 14.7 Å². The topological polar surface area (TPSA) is 78.8 Å². The van der Waals surface area contributed by atoms with Crippen molar-refractivity contribution in [3.8, 4) is 0 Å². The Bertz CT molecular complexity index is 928. The van der Waals surface area contributed by atoms with Gasteiger partial charge in [-0.15, -0.1) is 0 Å². The number of anilines is 1. The maximum Gasteiger partial charge on any atom is 0.255 e. The predicted octanol–water partition coefficient (Wildman–Crippen LogP) is 4.84. The normalized spacial score (nSPS) is 16.6. The van der Waals surface area contributed by atoms with Gasteiger partial charge in [-0.05, 0) is 35.7 Å². The Morgan fingerprint density at radius 2 is 1.85 bits per heavy atom. The van der Waals surface area contributed by atoms with Crippen LogP contribution >= 0.6 is 0 Å². The van der Waals surface area contributed by atoms with Gasteiger partial charge < -0.3 is 10.4 Å². The first-order valence-corrected chi connectivity index (χ1v) is 8.80. The highest BCUT2D eigenvalue weighted by atomic mass is 16.3. The van der Waals surface area contributed by atoms with Crippen molar-refractivity contribution in [2.75, 3.05) is 5.32 Å². The molecule has 3 rings (SSSR count). The van der Waals surface area contributed by atoms with Gasteiger partial charge in [0.25, 0.3) is 5.91 Å². The lowest BCUT2D eigenvalue weighted by Crippen LogP contribution is -2.26. The van der Waals surface area contributed by atoms with Gasteiger partial charge in [0.15, 0.2) is 5.78 Å². The minimum atomic E-state index is -0.242. The average molecular weight is 362 g/mol. The third kappa shape index (κ3) is 4.70. The van der Waals surface area contributed by atoms with Crippen LogP contribution in [0.2, 0.25) is 0 Å². The van der Waals surface area contributed by atoms with Crippen LogP contribution in [0.5, 0.6) is 0 Å². The molecule has 0 spiro atoms. The summed E-state index contributed by atoms with van der Waals surface area (Å²) in [5, 5.41) is 13.0. The van der Waals surface area contributed by atoms with Crippen LogP contribution in [0.25, 0.3) is 0 Å². The number of rotatable bonds is 4. The molecule has 0 fully saturated rings. The molecule has 138 valence electrons. The van der Waals surface area contributed by atoms with E-state index in [0.29, 0.717) is 29.8 Å². The molecule has 2 N–H and O–H groups in total. The molecule has 0 unspecified atom stereocenters. The molecule has 0 saturated carbocycles. The molecule has 0 radical (unpaired) electrons. The van der Waals surface area contributed by atoms with Crippen LogP contribution in [0, 0.1) is 5.41 Å². The van der Waals surface area contributed by atoms with Gasteiger partial charge in [-0.25, -0.2) is 0 Å². The molecule has 0 aliphatic heterocycles. The zero-order valence-corrected chi connectivity index (χ0v) is 15.4. The maximum atomic E-state index is 12.4. The average Bonchev–Trinajstić information content (AvgIpc) is 2.61. The molecule has 1 aliphatic rings.